The number of thiocyanates is 2. The van der Waals surface area contributed by atoms with Crippen molar-refractivity contribution in [3.05, 3.63) is 35.1 Å². The largest absolute Gasteiger partial charge is 0.696 e. The molecule has 0 aromatic rings. The Morgan fingerprint density at radius 1 is 0.947 bits per heavy atom. The number of hydrogen-bond acceptors (Lipinski definition) is 4. The van der Waals surface area contributed by atoms with Gasteiger partial charge in [0.15, 0.2) is 0 Å². The van der Waals surface area contributed by atoms with E-state index in [1.807, 2.05) is 18.2 Å². The second-order valence-electron chi connectivity index (χ2n) is 3.05. The first-order valence-corrected chi connectivity index (χ1v) is 6.29. The van der Waals surface area contributed by atoms with E-state index in [-0.39, 0.29) is 17.1 Å². The summed E-state index contributed by atoms with van der Waals surface area (Å²) in [4.78, 5) is 0. The fourth-order valence-electron chi connectivity index (χ4n) is 1.11. The molecule has 0 atom stereocenters. The molecule has 7 heteroatoms. The van der Waals surface area contributed by atoms with Crippen LogP contribution < -0.4 is 0 Å². The Labute approximate surface area is 137 Å². The molecule has 2 heterocycles. The van der Waals surface area contributed by atoms with E-state index in [0.29, 0.717) is 0 Å². The minimum Gasteiger partial charge on any atom is -0.696 e. The molecule has 0 spiro atoms. The first kappa shape index (κ1) is 23.3. The second-order valence-corrected chi connectivity index (χ2v) is 3.41. The van der Waals surface area contributed by atoms with Crippen molar-refractivity contribution >= 4 is 25.3 Å². The van der Waals surface area contributed by atoms with Crippen LogP contribution in [0, 0.1) is 21.3 Å². The fourth-order valence-corrected chi connectivity index (χ4v) is 1.11. The van der Waals surface area contributed by atoms with Gasteiger partial charge in [-0.25, -0.2) is 10.5 Å². The summed E-state index contributed by atoms with van der Waals surface area (Å²) in [5.41, 5.74) is 0. The van der Waals surface area contributed by atoms with E-state index < -0.39 is 0 Å². The normalized spacial score (nSPS) is 13.8. The zero-order valence-corrected chi connectivity index (χ0v) is 13.0. The Morgan fingerprint density at radius 2 is 1.47 bits per heavy atom. The van der Waals surface area contributed by atoms with Crippen LogP contribution in [0.4, 0.5) is 0 Å². The summed E-state index contributed by atoms with van der Waals surface area (Å²) in [6, 6.07) is 0. The van der Waals surface area contributed by atoms with E-state index in [0.717, 1.165) is 19.6 Å². The van der Waals surface area contributed by atoms with Gasteiger partial charge in [0.05, 0.1) is 0 Å². The van der Waals surface area contributed by atoms with Crippen molar-refractivity contribution < 1.29 is 17.1 Å². The molecule has 2 aliphatic rings. The smallest absolute Gasteiger partial charge is 0 e. The molecule has 1 radical (unpaired) electrons. The number of nitriles is 2. The average Bonchev–Trinajstić information content (AvgIpc) is 2.45. The van der Waals surface area contributed by atoms with Crippen LogP contribution in [0.25, 0.3) is 10.6 Å². The van der Waals surface area contributed by atoms with Crippen LogP contribution in [0.3, 0.4) is 0 Å². The number of nitrogens with zero attached hydrogens (tertiary/aromatic N) is 4. The molecule has 0 aromatic carbocycles. The van der Waals surface area contributed by atoms with Crippen LogP contribution in [-0.4, -0.2) is 19.6 Å². The van der Waals surface area contributed by atoms with Crippen LogP contribution >= 0.6 is 0 Å². The van der Waals surface area contributed by atoms with Crippen LogP contribution in [0.15, 0.2) is 24.4 Å². The van der Waals surface area contributed by atoms with Crippen molar-refractivity contribution in [2.24, 2.45) is 0 Å². The van der Waals surface area contributed by atoms with Crippen LogP contribution in [0.1, 0.15) is 19.3 Å². The van der Waals surface area contributed by atoms with Gasteiger partial charge in [0.25, 0.3) is 0 Å². The van der Waals surface area contributed by atoms with Crippen molar-refractivity contribution in [2.75, 3.05) is 19.6 Å². The standard InChI is InChI=1S/C5H10N.C5H6N.2CHNS.Cu/c2*1-2-4-6-5-3-1;2*2-1-3;/h1-5H2;1-4H,5H2;2*3H;/q2*-1;;;/p-2. The second kappa shape index (κ2) is 25.9. The quantitative estimate of drug-likeness (QED) is 0.385. The first-order valence-electron chi connectivity index (χ1n) is 5.47. The van der Waals surface area contributed by atoms with Gasteiger partial charge < -0.3 is 35.9 Å². The van der Waals surface area contributed by atoms with Gasteiger partial charge in [0.2, 0.25) is 0 Å². The molecule has 2 aliphatic heterocycles. The summed E-state index contributed by atoms with van der Waals surface area (Å²) in [7, 11) is 0. The van der Waals surface area contributed by atoms with Gasteiger partial charge in [-0.05, 0) is 0 Å². The van der Waals surface area contributed by atoms with Crippen molar-refractivity contribution in [3.63, 3.8) is 0 Å². The average molecular weight is 344 g/mol. The van der Waals surface area contributed by atoms with E-state index >= 15 is 0 Å². The predicted molar refractivity (Wildman–Crippen MR) is 79.4 cm³/mol. The minimum atomic E-state index is 0. The third kappa shape index (κ3) is 31.7. The number of hydrogen-bond donors (Lipinski definition) is 0. The summed E-state index contributed by atoms with van der Waals surface area (Å²) in [5, 5.41) is 25.0. The van der Waals surface area contributed by atoms with Gasteiger partial charge in [-0.3, -0.25) is 0 Å². The molecule has 19 heavy (non-hydrogen) atoms. The Morgan fingerprint density at radius 3 is 1.58 bits per heavy atom. The van der Waals surface area contributed by atoms with Gasteiger partial charge in [-0.1, -0.05) is 42.2 Å². The van der Waals surface area contributed by atoms with Gasteiger partial charge in [0, 0.05) is 17.1 Å². The number of piperidine rings is 1. The van der Waals surface area contributed by atoms with Crippen molar-refractivity contribution in [1.29, 1.82) is 10.5 Å². The maximum Gasteiger partial charge on any atom is 0 e. The first-order chi connectivity index (χ1) is 8.83. The molecule has 0 saturated carbocycles. The molecule has 0 bridgehead atoms. The number of allylic oxidation sites excluding steroid dienone is 2. The van der Waals surface area contributed by atoms with Crippen molar-refractivity contribution in [2.45, 2.75) is 19.3 Å². The van der Waals surface area contributed by atoms with Gasteiger partial charge in [0.1, 0.15) is 0 Å². The molecule has 111 valence electrons. The summed E-state index contributed by atoms with van der Waals surface area (Å²) in [6.07, 6.45) is 11.8. The molecule has 0 aliphatic carbocycles. The minimum absolute atomic E-state index is 0. The molecule has 1 saturated heterocycles. The fraction of sp³-hybridized carbons (Fsp3) is 0.500. The Kier molecular flexibility index (Phi) is 31.7. The Hall–Kier alpha value is -0.821. The summed E-state index contributed by atoms with van der Waals surface area (Å²) in [5.74, 6) is 0. The third-order valence-electron chi connectivity index (χ3n) is 1.78. The molecule has 0 N–H and O–H groups in total. The summed E-state index contributed by atoms with van der Waals surface area (Å²) < 4.78 is 0. The molecular formula is C12H16CuN4S2-4. The third-order valence-corrected chi connectivity index (χ3v) is 1.78. The van der Waals surface area contributed by atoms with Crippen molar-refractivity contribution in [1.82, 2.24) is 0 Å². The zero-order valence-electron chi connectivity index (χ0n) is 10.5. The van der Waals surface area contributed by atoms with E-state index in [1.54, 1.807) is 6.20 Å². The van der Waals surface area contributed by atoms with Crippen LogP contribution in [0.5, 0.6) is 0 Å². The summed E-state index contributed by atoms with van der Waals surface area (Å²) >= 11 is 7.40. The molecule has 4 nitrogen and oxygen atoms in total. The van der Waals surface area contributed by atoms with E-state index in [9.17, 15) is 0 Å². The summed E-state index contributed by atoms with van der Waals surface area (Å²) in [6.45, 7) is 3.11. The van der Waals surface area contributed by atoms with E-state index in [1.165, 1.54) is 30.1 Å². The molecule has 0 aromatic heterocycles. The monoisotopic (exact) mass is 343 g/mol. The van der Waals surface area contributed by atoms with Gasteiger partial charge >= 0.3 is 0 Å². The van der Waals surface area contributed by atoms with Crippen LogP contribution in [0.2, 0.25) is 0 Å². The predicted octanol–water partition coefficient (Wildman–Crippen LogP) is 3.01. The molecule has 0 unspecified atom stereocenters. The van der Waals surface area contributed by atoms with E-state index in [4.69, 9.17) is 10.5 Å². The maximum absolute atomic E-state index is 7.13. The molecule has 2 rings (SSSR count). The van der Waals surface area contributed by atoms with E-state index in [2.05, 4.69) is 35.9 Å². The molecule has 1 fully saturated rings. The van der Waals surface area contributed by atoms with Crippen LogP contribution in [-0.2, 0) is 42.3 Å². The van der Waals surface area contributed by atoms with Gasteiger partial charge in [-0.15, -0.1) is 25.7 Å². The topological polar surface area (TPSA) is 75.8 Å². The van der Waals surface area contributed by atoms with Crippen molar-refractivity contribution in [3.8, 4) is 10.8 Å². The maximum atomic E-state index is 7.13. The number of rotatable bonds is 0. The van der Waals surface area contributed by atoms with Gasteiger partial charge in [-0.2, -0.15) is 6.20 Å². The zero-order chi connectivity index (χ0) is 13.9. The SMILES string of the molecule is C1=CC[N-]C=C1.C1CC[N-]CC1.N#C[S-].N#C[S-].[Cu]. The molecule has 0 amide bonds. The Bertz CT molecular complexity index is 256. The molecular weight excluding hydrogens is 328 g/mol. The Balaban J connectivity index is -0.000000188.